The molecule has 1 N–H and O–H groups in total. The summed E-state index contributed by atoms with van der Waals surface area (Å²) in [6.07, 6.45) is -0.285. The number of fused-ring (bicyclic) bond motifs is 1. The predicted molar refractivity (Wildman–Crippen MR) is 81.0 cm³/mol. The van der Waals surface area contributed by atoms with E-state index < -0.39 is 0 Å². The van der Waals surface area contributed by atoms with E-state index in [1.807, 2.05) is 16.3 Å². The van der Waals surface area contributed by atoms with Gasteiger partial charge in [0, 0.05) is 26.2 Å². The summed E-state index contributed by atoms with van der Waals surface area (Å²) >= 11 is 1.38. The highest BCUT2D eigenvalue weighted by Crippen LogP contribution is 2.17. The summed E-state index contributed by atoms with van der Waals surface area (Å²) < 4.78 is 5.63. The molecule has 2 aromatic rings. The fourth-order valence-electron chi connectivity index (χ4n) is 2.33. The molecule has 0 atom stereocenters. The van der Waals surface area contributed by atoms with E-state index in [0.29, 0.717) is 49.0 Å². The lowest BCUT2D eigenvalue weighted by Crippen LogP contribution is -2.49. The van der Waals surface area contributed by atoms with Crippen LogP contribution in [0.4, 0.5) is 10.7 Å². The van der Waals surface area contributed by atoms with E-state index in [9.17, 15) is 9.59 Å². The van der Waals surface area contributed by atoms with Crippen molar-refractivity contribution in [1.82, 2.24) is 14.9 Å². The van der Waals surface area contributed by atoms with Crippen molar-refractivity contribution in [3.05, 3.63) is 21.8 Å². The van der Waals surface area contributed by atoms with E-state index in [0.717, 1.165) is 0 Å². The van der Waals surface area contributed by atoms with Gasteiger partial charge in [0.15, 0.2) is 0 Å². The lowest BCUT2D eigenvalue weighted by molar-refractivity contribution is 0.105. The van der Waals surface area contributed by atoms with Gasteiger partial charge in [0.05, 0.1) is 12.1 Å². The van der Waals surface area contributed by atoms with Gasteiger partial charge in [-0.3, -0.25) is 9.78 Å². The number of aromatic nitrogens is 2. The van der Waals surface area contributed by atoms with Crippen molar-refractivity contribution in [3.63, 3.8) is 0 Å². The number of piperazine rings is 1. The molecule has 3 rings (SSSR count). The van der Waals surface area contributed by atoms with Gasteiger partial charge in [-0.1, -0.05) is 0 Å². The van der Waals surface area contributed by atoms with Crippen molar-refractivity contribution in [2.24, 2.45) is 0 Å². The van der Waals surface area contributed by atoms with Crippen LogP contribution in [0.1, 0.15) is 6.92 Å². The molecule has 0 aromatic carbocycles. The van der Waals surface area contributed by atoms with Gasteiger partial charge in [0.25, 0.3) is 5.56 Å². The van der Waals surface area contributed by atoms with E-state index in [1.54, 1.807) is 11.8 Å². The van der Waals surface area contributed by atoms with Crippen molar-refractivity contribution >= 4 is 33.6 Å². The van der Waals surface area contributed by atoms with Crippen LogP contribution in [0.2, 0.25) is 0 Å². The minimum absolute atomic E-state index is 0.113. The van der Waals surface area contributed by atoms with Crippen LogP contribution in [-0.4, -0.2) is 53.7 Å². The molecule has 1 aliphatic heterocycles. The Kier molecular flexibility index (Phi) is 3.78. The fourth-order valence-corrected chi connectivity index (χ4v) is 3.05. The molecule has 0 unspecified atom stereocenters. The molecule has 7 nitrogen and oxygen atoms in total. The van der Waals surface area contributed by atoms with Gasteiger partial charge >= 0.3 is 6.09 Å². The fraction of sp³-hybridized carbons (Fsp3) is 0.462. The first kappa shape index (κ1) is 13.9. The van der Waals surface area contributed by atoms with E-state index in [-0.39, 0.29) is 11.7 Å². The molecular formula is C13H16N4O3S. The molecule has 0 saturated carbocycles. The molecule has 21 heavy (non-hydrogen) atoms. The second-order valence-electron chi connectivity index (χ2n) is 4.70. The number of amides is 1. The van der Waals surface area contributed by atoms with Crippen molar-refractivity contribution in [2.45, 2.75) is 6.92 Å². The number of nitrogens with one attached hydrogen (secondary N) is 1. The van der Waals surface area contributed by atoms with Crippen LogP contribution in [0.15, 0.2) is 16.2 Å². The smallest absolute Gasteiger partial charge is 0.409 e. The number of rotatable bonds is 2. The minimum Gasteiger partial charge on any atom is -0.450 e. The quantitative estimate of drug-likeness (QED) is 0.903. The monoisotopic (exact) mass is 308 g/mol. The maximum atomic E-state index is 12.0. The van der Waals surface area contributed by atoms with Crippen LogP contribution in [0.25, 0.3) is 10.2 Å². The van der Waals surface area contributed by atoms with Crippen LogP contribution < -0.4 is 10.5 Å². The molecule has 3 heterocycles. The summed E-state index contributed by atoms with van der Waals surface area (Å²) in [7, 11) is 0. The van der Waals surface area contributed by atoms with Gasteiger partial charge in [-0.15, -0.1) is 11.3 Å². The number of hydrogen-bond acceptors (Lipinski definition) is 6. The van der Waals surface area contributed by atoms with E-state index in [1.165, 1.54) is 11.3 Å². The number of anilines is 1. The van der Waals surface area contributed by atoms with Gasteiger partial charge < -0.3 is 14.5 Å². The van der Waals surface area contributed by atoms with E-state index in [2.05, 4.69) is 9.97 Å². The molecule has 0 aliphatic carbocycles. The number of nitrogens with zero attached hydrogens (tertiary/aromatic N) is 3. The molecular weight excluding hydrogens is 292 g/mol. The molecule has 8 heteroatoms. The predicted octanol–water partition coefficient (Wildman–Crippen LogP) is 1.26. The number of carbonyl (C=O) groups excluding carboxylic acids is 1. The molecule has 112 valence electrons. The molecule has 0 radical (unpaired) electrons. The average molecular weight is 308 g/mol. The van der Waals surface area contributed by atoms with Gasteiger partial charge in [-0.25, -0.2) is 9.78 Å². The Morgan fingerprint density at radius 2 is 2.19 bits per heavy atom. The van der Waals surface area contributed by atoms with Crippen LogP contribution in [0.3, 0.4) is 0 Å². The van der Waals surface area contributed by atoms with Gasteiger partial charge in [0.1, 0.15) is 4.70 Å². The number of aromatic amines is 1. The van der Waals surface area contributed by atoms with Crippen molar-refractivity contribution < 1.29 is 9.53 Å². The lowest BCUT2D eigenvalue weighted by atomic mass is 10.3. The SMILES string of the molecule is CCOC(=O)N1CCN(c2nc3ccsc3c(=O)[nH]2)CC1. The number of thiophene rings is 1. The lowest BCUT2D eigenvalue weighted by Gasteiger charge is -2.34. The topological polar surface area (TPSA) is 78.5 Å². The van der Waals surface area contributed by atoms with E-state index >= 15 is 0 Å². The highest BCUT2D eigenvalue weighted by Gasteiger charge is 2.23. The maximum absolute atomic E-state index is 12.0. The molecule has 1 saturated heterocycles. The van der Waals surface area contributed by atoms with Crippen molar-refractivity contribution in [2.75, 3.05) is 37.7 Å². The average Bonchev–Trinajstić information content (AvgIpc) is 2.97. The molecule has 1 aliphatic rings. The van der Waals surface area contributed by atoms with Crippen LogP contribution in [0, 0.1) is 0 Å². The Hall–Kier alpha value is -2.09. The first-order valence-electron chi connectivity index (χ1n) is 6.83. The first-order valence-corrected chi connectivity index (χ1v) is 7.71. The second kappa shape index (κ2) is 5.72. The Morgan fingerprint density at radius 3 is 2.90 bits per heavy atom. The minimum atomic E-state index is -0.285. The number of hydrogen-bond donors (Lipinski definition) is 1. The van der Waals surface area contributed by atoms with E-state index in [4.69, 9.17) is 4.74 Å². The third kappa shape index (κ3) is 2.71. The van der Waals surface area contributed by atoms with Crippen LogP contribution in [-0.2, 0) is 4.74 Å². The molecule has 1 fully saturated rings. The zero-order valence-electron chi connectivity index (χ0n) is 11.7. The largest absolute Gasteiger partial charge is 0.450 e. The van der Waals surface area contributed by atoms with Gasteiger partial charge in [-0.2, -0.15) is 0 Å². The van der Waals surface area contributed by atoms with Crippen molar-refractivity contribution in [1.29, 1.82) is 0 Å². The first-order chi connectivity index (χ1) is 10.2. The number of carbonyl (C=O) groups is 1. The molecule has 1 amide bonds. The standard InChI is InChI=1S/C13H16N4O3S/c1-2-20-13(19)17-6-4-16(5-7-17)12-14-9-3-8-21-10(9)11(18)15-12/h3,8H,2,4-7H2,1H3,(H,14,15,18). The normalized spacial score (nSPS) is 15.5. The Morgan fingerprint density at radius 1 is 1.43 bits per heavy atom. The summed E-state index contributed by atoms with van der Waals surface area (Å²) in [6, 6.07) is 1.84. The van der Waals surface area contributed by atoms with Crippen LogP contribution >= 0.6 is 11.3 Å². The Labute approximate surface area is 125 Å². The summed E-state index contributed by atoms with van der Waals surface area (Å²) in [5.74, 6) is 0.564. The summed E-state index contributed by atoms with van der Waals surface area (Å²) in [5, 5.41) is 1.86. The maximum Gasteiger partial charge on any atom is 0.409 e. The molecule has 0 bridgehead atoms. The third-order valence-corrected chi connectivity index (χ3v) is 4.31. The zero-order valence-corrected chi connectivity index (χ0v) is 12.5. The summed E-state index contributed by atoms with van der Waals surface area (Å²) in [5.41, 5.74) is 0.601. The van der Waals surface area contributed by atoms with Crippen molar-refractivity contribution in [3.8, 4) is 0 Å². The third-order valence-electron chi connectivity index (χ3n) is 3.41. The summed E-state index contributed by atoms with van der Waals surface area (Å²) in [4.78, 5) is 34.5. The Bertz CT molecular complexity index is 703. The second-order valence-corrected chi connectivity index (χ2v) is 5.61. The number of ether oxygens (including phenoxy) is 1. The highest BCUT2D eigenvalue weighted by molar-refractivity contribution is 7.17. The Balaban J connectivity index is 1.73. The van der Waals surface area contributed by atoms with Gasteiger partial charge in [-0.05, 0) is 18.4 Å². The molecule has 0 spiro atoms. The summed E-state index contributed by atoms with van der Waals surface area (Å²) in [6.45, 7) is 4.53. The molecule has 2 aromatic heterocycles. The van der Waals surface area contributed by atoms with Crippen LogP contribution in [0.5, 0.6) is 0 Å². The number of H-pyrrole nitrogens is 1. The van der Waals surface area contributed by atoms with Gasteiger partial charge in [0.2, 0.25) is 5.95 Å². The highest BCUT2D eigenvalue weighted by atomic mass is 32.1. The zero-order chi connectivity index (χ0) is 14.8.